The largest absolute Gasteiger partial charge is 0.457 e. The summed E-state index contributed by atoms with van der Waals surface area (Å²) in [5.74, 6) is 2.36. The molecule has 8 aromatic carbocycles. The third kappa shape index (κ3) is 7.81. The minimum atomic E-state index is -0.175. The first-order valence-electron chi connectivity index (χ1n) is 26.0. The summed E-state index contributed by atoms with van der Waals surface area (Å²) in [4.78, 5) is 10.0. The quantitative estimate of drug-likeness (QED) is 0.159. The van der Waals surface area contributed by atoms with Crippen LogP contribution < -0.4 is 14.5 Å². The summed E-state index contributed by atoms with van der Waals surface area (Å²) in [6.07, 6.45) is 1.93. The van der Waals surface area contributed by atoms with Gasteiger partial charge < -0.3 is 19.0 Å². The topological polar surface area (TPSA) is 46.7 Å². The summed E-state index contributed by atoms with van der Waals surface area (Å²) >= 11 is 0. The van der Waals surface area contributed by atoms with E-state index >= 15 is 0 Å². The number of rotatable bonds is 7. The van der Waals surface area contributed by atoms with Crippen LogP contribution in [-0.2, 0) is 10.8 Å². The number of pyridine rings is 1. The molecule has 0 aliphatic carbocycles. The Morgan fingerprint density at radius 2 is 1.11 bits per heavy atom. The number of benzene rings is 8. The van der Waals surface area contributed by atoms with Crippen molar-refractivity contribution >= 4 is 66.5 Å². The Balaban J connectivity index is 1.01. The van der Waals surface area contributed by atoms with Gasteiger partial charge in [-0.2, -0.15) is 0 Å². The van der Waals surface area contributed by atoms with E-state index in [0.29, 0.717) is 6.67 Å². The van der Waals surface area contributed by atoms with Crippen molar-refractivity contribution < 1.29 is 9.15 Å². The first-order valence-corrected chi connectivity index (χ1v) is 26.0. The molecule has 0 bridgehead atoms. The van der Waals surface area contributed by atoms with Crippen molar-refractivity contribution in [3.05, 3.63) is 202 Å². The number of nitrogens with zero attached hydrogens (tertiary/aromatic N) is 4. The van der Waals surface area contributed by atoms with E-state index in [-0.39, 0.29) is 10.8 Å². The third-order valence-electron chi connectivity index (χ3n) is 15.3. The van der Waals surface area contributed by atoms with E-state index in [1.54, 1.807) is 0 Å². The van der Waals surface area contributed by atoms with E-state index < -0.39 is 0 Å². The zero-order valence-electron chi connectivity index (χ0n) is 44.8. The van der Waals surface area contributed by atoms with Crippen molar-refractivity contribution in [1.29, 1.82) is 0 Å². The van der Waals surface area contributed by atoms with Crippen LogP contribution in [0.1, 0.15) is 86.1 Å². The average molecular weight is 969 g/mol. The fourth-order valence-corrected chi connectivity index (χ4v) is 12.0. The van der Waals surface area contributed by atoms with Gasteiger partial charge in [0.05, 0.1) is 33.5 Å². The molecule has 1 aliphatic rings. The number of hydrogen-bond donors (Lipinski definition) is 0. The van der Waals surface area contributed by atoms with E-state index in [4.69, 9.17) is 14.1 Å². The SMILES string of the molecule is Cc1cc(C)c(-c2cccc(-c3c(C)cc(C)cc3C)c2N2CN(c3cc(Oc4ccc5c6c7oc8ccccc8c7ccc6n(-c6cc(C(C)(C)C)ccn6)c5c4)cc(C(C)(C)C)c3)c3ccccc32)c(C)c1. The van der Waals surface area contributed by atoms with Gasteiger partial charge >= 0.3 is 0 Å². The number of hydrogen-bond acceptors (Lipinski definition) is 5. The van der Waals surface area contributed by atoms with Gasteiger partial charge in [0.1, 0.15) is 35.2 Å². The maximum absolute atomic E-state index is 7.15. The molecule has 6 nitrogen and oxygen atoms in total. The second kappa shape index (κ2) is 17.3. The molecule has 12 rings (SSSR count). The van der Waals surface area contributed by atoms with Crippen molar-refractivity contribution in [1.82, 2.24) is 9.55 Å². The summed E-state index contributed by atoms with van der Waals surface area (Å²) in [6.45, 7) is 27.6. The molecule has 0 N–H and O–H groups in total. The van der Waals surface area contributed by atoms with E-state index in [1.807, 2.05) is 12.3 Å². The zero-order chi connectivity index (χ0) is 51.5. The van der Waals surface area contributed by atoms with Gasteiger partial charge in [0.15, 0.2) is 0 Å². The predicted octanol–water partition coefficient (Wildman–Crippen LogP) is 18.9. The molecule has 3 aromatic heterocycles. The summed E-state index contributed by atoms with van der Waals surface area (Å²) in [7, 11) is 0. The fourth-order valence-electron chi connectivity index (χ4n) is 12.0. The second-order valence-electron chi connectivity index (χ2n) is 22.9. The Kier molecular flexibility index (Phi) is 11.0. The first-order chi connectivity index (χ1) is 35.4. The van der Waals surface area contributed by atoms with Gasteiger partial charge in [0.25, 0.3) is 0 Å². The normalized spacial score (nSPS) is 13.0. The van der Waals surface area contributed by atoms with Crippen LogP contribution >= 0.6 is 0 Å². The standard InChI is InChI=1S/C68H64N4O2/c1-40-30-42(3)62(43(4)31-40)54-19-17-20-55(63-44(5)32-41(2)33-45(63)6)65(54)71-39-70(56-21-14-15-22-57(56)71)48-34-47(68(10,11)12)35-50(37-48)73-49-24-25-53-59(38-49)72(61-36-46(28-29-69-61)67(7,8)9)58-27-26-52-51-18-13-16-23-60(51)74-66(52)64(53)58/h13-38H,39H2,1-12H3. The molecule has 0 unspecified atom stereocenters. The van der Waals surface area contributed by atoms with Gasteiger partial charge in [-0.05, 0) is 164 Å². The lowest BCUT2D eigenvalue weighted by atomic mass is 9.86. The lowest BCUT2D eigenvalue weighted by Gasteiger charge is -2.30. The molecule has 0 saturated heterocycles. The maximum atomic E-state index is 7.15. The van der Waals surface area contributed by atoms with Gasteiger partial charge in [-0.3, -0.25) is 4.57 Å². The monoisotopic (exact) mass is 969 g/mol. The number of para-hydroxylation sites is 4. The Morgan fingerprint density at radius 3 is 1.76 bits per heavy atom. The highest BCUT2D eigenvalue weighted by molar-refractivity contribution is 6.24. The van der Waals surface area contributed by atoms with Gasteiger partial charge in [-0.15, -0.1) is 0 Å². The van der Waals surface area contributed by atoms with Gasteiger partial charge in [-0.1, -0.05) is 125 Å². The number of anilines is 4. The molecule has 368 valence electrons. The Bertz CT molecular complexity index is 3960. The van der Waals surface area contributed by atoms with Gasteiger partial charge in [0.2, 0.25) is 0 Å². The molecule has 1 aliphatic heterocycles. The molecule has 0 saturated carbocycles. The summed E-state index contributed by atoms with van der Waals surface area (Å²) < 4.78 is 16.1. The molecule has 0 radical (unpaired) electrons. The molecule has 0 atom stereocenters. The third-order valence-corrected chi connectivity index (χ3v) is 15.3. The molecule has 11 aromatic rings. The molecule has 0 fully saturated rings. The fraction of sp³-hybridized carbons (Fsp3) is 0.221. The van der Waals surface area contributed by atoms with Crippen LogP contribution in [0.25, 0.3) is 71.8 Å². The maximum Gasteiger partial charge on any atom is 0.145 e. The highest BCUT2D eigenvalue weighted by Gasteiger charge is 2.33. The molecule has 6 heteroatoms. The lowest BCUT2D eigenvalue weighted by Crippen LogP contribution is -2.25. The van der Waals surface area contributed by atoms with Crippen LogP contribution in [0.2, 0.25) is 0 Å². The van der Waals surface area contributed by atoms with E-state index in [0.717, 1.165) is 78.1 Å². The number of aryl methyl sites for hydroxylation is 6. The average Bonchev–Trinajstić information content (AvgIpc) is 4.03. The van der Waals surface area contributed by atoms with Crippen molar-refractivity contribution in [2.45, 2.75) is 93.9 Å². The van der Waals surface area contributed by atoms with E-state index in [9.17, 15) is 0 Å². The Morgan fingerprint density at radius 1 is 0.500 bits per heavy atom. The van der Waals surface area contributed by atoms with Gasteiger partial charge in [-0.25, -0.2) is 4.98 Å². The van der Waals surface area contributed by atoms with E-state index in [1.165, 1.54) is 72.4 Å². The van der Waals surface area contributed by atoms with Crippen LogP contribution in [0.15, 0.2) is 162 Å². The molecular formula is C68H64N4O2. The summed E-state index contributed by atoms with van der Waals surface area (Å²) in [6, 6.07) is 55.4. The smallest absolute Gasteiger partial charge is 0.145 e. The van der Waals surface area contributed by atoms with Crippen molar-refractivity contribution in [3.8, 4) is 39.6 Å². The first kappa shape index (κ1) is 46.9. The molecule has 0 amide bonds. The Hall–Kier alpha value is -8.09. The predicted molar refractivity (Wildman–Crippen MR) is 311 cm³/mol. The highest BCUT2D eigenvalue weighted by atomic mass is 16.5. The summed E-state index contributed by atoms with van der Waals surface area (Å²) in [5.41, 5.74) is 23.2. The van der Waals surface area contributed by atoms with Crippen LogP contribution in [0.4, 0.5) is 22.7 Å². The van der Waals surface area contributed by atoms with Crippen LogP contribution in [-0.4, -0.2) is 16.2 Å². The number of furan rings is 1. The minimum absolute atomic E-state index is 0.0661. The van der Waals surface area contributed by atoms with Crippen molar-refractivity contribution in [2.75, 3.05) is 16.5 Å². The zero-order valence-corrected chi connectivity index (χ0v) is 44.8. The minimum Gasteiger partial charge on any atom is -0.457 e. The van der Waals surface area contributed by atoms with Crippen LogP contribution in [0.5, 0.6) is 11.5 Å². The molecule has 74 heavy (non-hydrogen) atoms. The number of aromatic nitrogens is 2. The molecular weight excluding hydrogens is 905 g/mol. The highest BCUT2D eigenvalue weighted by Crippen LogP contribution is 2.53. The van der Waals surface area contributed by atoms with Crippen molar-refractivity contribution in [3.63, 3.8) is 0 Å². The van der Waals surface area contributed by atoms with Gasteiger partial charge in [0, 0.05) is 51.3 Å². The molecule has 0 spiro atoms. The molecule has 4 heterocycles. The summed E-state index contributed by atoms with van der Waals surface area (Å²) in [5, 5.41) is 4.33. The number of ether oxygens (including phenoxy) is 1. The van der Waals surface area contributed by atoms with Crippen molar-refractivity contribution in [2.24, 2.45) is 0 Å². The van der Waals surface area contributed by atoms with Crippen LogP contribution in [0, 0.1) is 41.5 Å². The second-order valence-corrected chi connectivity index (χ2v) is 22.9. The van der Waals surface area contributed by atoms with Crippen LogP contribution in [0.3, 0.4) is 0 Å². The number of fused-ring (bicyclic) bond motifs is 8. The lowest BCUT2D eigenvalue weighted by molar-refractivity contribution is 0.479. The van der Waals surface area contributed by atoms with E-state index in [2.05, 4.69) is 243 Å². The Labute approximate surface area is 435 Å².